The second kappa shape index (κ2) is 6.00. The topological polar surface area (TPSA) is 48.4 Å². The van der Waals surface area contributed by atoms with Crippen molar-refractivity contribution < 1.29 is 14.3 Å². The van der Waals surface area contributed by atoms with Gasteiger partial charge in [0.2, 0.25) is 0 Å². The largest absolute Gasteiger partial charge is 0.493 e. The molecule has 0 spiro atoms. The zero-order valence-corrected chi connectivity index (χ0v) is 10.9. The van der Waals surface area contributed by atoms with Crippen molar-refractivity contribution in [3.8, 4) is 11.5 Å². The fraction of sp³-hybridized carbons (Fsp3) is 0.200. The van der Waals surface area contributed by atoms with E-state index in [0.717, 1.165) is 5.56 Å². The fourth-order valence-corrected chi connectivity index (χ4v) is 1.65. The van der Waals surface area contributed by atoms with Gasteiger partial charge in [0.25, 0.3) is 0 Å². The maximum Gasteiger partial charge on any atom is 0.161 e. The third-order valence-electron chi connectivity index (χ3n) is 2.71. The van der Waals surface area contributed by atoms with Crippen molar-refractivity contribution in [2.45, 2.75) is 13.5 Å². The number of methoxy groups -OCH3 is 1. The molecule has 0 atom stereocenters. The Morgan fingerprint density at radius 3 is 2.53 bits per heavy atom. The van der Waals surface area contributed by atoms with Crippen LogP contribution in [0.3, 0.4) is 0 Å². The lowest BCUT2D eigenvalue weighted by Gasteiger charge is -2.11. The molecule has 1 heterocycles. The molecule has 0 unspecified atom stereocenters. The lowest BCUT2D eigenvalue weighted by atomic mass is 10.1. The van der Waals surface area contributed by atoms with E-state index in [2.05, 4.69) is 4.98 Å². The molecule has 0 saturated carbocycles. The molecule has 2 rings (SSSR count). The van der Waals surface area contributed by atoms with Crippen LogP contribution in [0, 0.1) is 0 Å². The molecule has 0 amide bonds. The molecule has 4 heteroatoms. The normalized spacial score (nSPS) is 10.0. The first kappa shape index (κ1) is 13.1. The lowest BCUT2D eigenvalue weighted by Crippen LogP contribution is -1.99. The van der Waals surface area contributed by atoms with Crippen molar-refractivity contribution in [1.29, 1.82) is 0 Å². The summed E-state index contributed by atoms with van der Waals surface area (Å²) < 4.78 is 10.9. The van der Waals surface area contributed by atoms with Gasteiger partial charge in [0, 0.05) is 18.0 Å². The number of hydrogen-bond acceptors (Lipinski definition) is 4. The number of hydrogen-bond donors (Lipinski definition) is 0. The molecular weight excluding hydrogens is 242 g/mol. The van der Waals surface area contributed by atoms with Crippen LogP contribution in [-0.2, 0) is 6.61 Å². The average molecular weight is 257 g/mol. The van der Waals surface area contributed by atoms with Gasteiger partial charge in [0.15, 0.2) is 17.3 Å². The maximum atomic E-state index is 11.3. The first-order valence-electron chi connectivity index (χ1n) is 5.91. The Labute approximate surface area is 112 Å². The number of pyridine rings is 1. The molecule has 19 heavy (non-hydrogen) atoms. The SMILES string of the molecule is COc1cc(C(C)=O)ccc1OCc1ccncc1. The molecule has 1 aromatic heterocycles. The van der Waals surface area contributed by atoms with Gasteiger partial charge in [-0.25, -0.2) is 0 Å². The van der Waals surface area contributed by atoms with Crippen LogP contribution in [0.2, 0.25) is 0 Å². The van der Waals surface area contributed by atoms with Crippen LogP contribution in [0.1, 0.15) is 22.8 Å². The Hall–Kier alpha value is -2.36. The number of Topliss-reactive ketones (excluding diaryl/α,β-unsaturated/α-hetero) is 1. The minimum Gasteiger partial charge on any atom is -0.493 e. The summed E-state index contributed by atoms with van der Waals surface area (Å²) in [7, 11) is 1.55. The second-order valence-corrected chi connectivity index (χ2v) is 4.07. The fourth-order valence-electron chi connectivity index (χ4n) is 1.65. The Bertz CT molecular complexity index is 567. The predicted octanol–water partition coefficient (Wildman–Crippen LogP) is 2.87. The monoisotopic (exact) mass is 257 g/mol. The molecule has 0 radical (unpaired) electrons. The van der Waals surface area contributed by atoms with Crippen LogP contribution in [0.15, 0.2) is 42.7 Å². The van der Waals surface area contributed by atoms with E-state index >= 15 is 0 Å². The molecule has 98 valence electrons. The van der Waals surface area contributed by atoms with Crippen molar-refractivity contribution in [2.24, 2.45) is 0 Å². The minimum absolute atomic E-state index is 0.000941. The van der Waals surface area contributed by atoms with Gasteiger partial charge >= 0.3 is 0 Å². The van der Waals surface area contributed by atoms with E-state index < -0.39 is 0 Å². The van der Waals surface area contributed by atoms with Gasteiger partial charge in [-0.1, -0.05) is 0 Å². The van der Waals surface area contributed by atoms with E-state index in [1.54, 1.807) is 37.7 Å². The summed E-state index contributed by atoms with van der Waals surface area (Å²) in [6.45, 7) is 1.95. The Morgan fingerprint density at radius 1 is 1.16 bits per heavy atom. The van der Waals surface area contributed by atoms with E-state index in [1.807, 2.05) is 12.1 Å². The molecule has 0 aliphatic rings. The molecule has 0 fully saturated rings. The van der Waals surface area contributed by atoms with Crippen molar-refractivity contribution in [3.05, 3.63) is 53.9 Å². The lowest BCUT2D eigenvalue weighted by molar-refractivity contribution is 0.101. The first-order valence-corrected chi connectivity index (χ1v) is 5.91. The number of rotatable bonds is 5. The zero-order valence-electron chi connectivity index (χ0n) is 10.9. The number of carbonyl (C=O) groups excluding carboxylic acids is 1. The van der Waals surface area contributed by atoms with Crippen LogP contribution in [-0.4, -0.2) is 17.9 Å². The van der Waals surface area contributed by atoms with Gasteiger partial charge in [-0.2, -0.15) is 0 Å². The summed E-state index contributed by atoms with van der Waals surface area (Å²) in [5, 5.41) is 0. The maximum absolute atomic E-state index is 11.3. The summed E-state index contributed by atoms with van der Waals surface area (Å²) in [6, 6.07) is 8.93. The van der Waals surface area contributed by atoms with Crippen molar-refractivity contribution in [2.75, 3.05) is 7.11 Å². The average Bonchev–Trinajstić information content (AvgIpc) is 2.45. The standard InChI is InChI=1S/C15H15NO3/c1-11(17)13-3-4-14(15(9-13)18-2)19-10-12-5-7-16-8-6-12/h3-9H,10H2,1-2H3. The van der Waals surface area contributed by atoms with Crippen molar-refractivity contribution in [1.82, 2.24) is 4.98 Å². The van der Waals surface area contributed by atoms with E-state index in [-0.39, 0.29) is 5.78 Å². The minimum atomic E-state index is -0.000941. The van der Waals surface area contributed by atoms with Crippen LogP contribution in [0.25, 0.3) is 0 Å². The van der Waals surface area contributed by atoms with E-state index in [1.165, 1.54) is 6.92 Å². The molecule has 4 nitrogen and oxygen atoms in total. The van der Waals surface area contributed by atoms with Gasteiger partial charge in [-0.15, -0.1) is 0 Å². The Morgan fingerprint density at radius 2 is 1.89 bits per heavy atom. The molecule has 0 N–H and O–H groups in total. The Kier molecular flexibility index (Phi) is 4.13. The highest BCUT2D eigenvalue weighted by Crippen LogP contribution is 2.28. The smallest absolute Gasteiger partial charge is 0.161 e. The van der Waals surface area contributed by atoms with E-state index in [9.17, 15) is 4.79 Å². The Balaban J connectivity index is 2.14. The summed E-state index contributed by atoms with van der Waals surface area (Å²) in [5.74, 6) is 1.17. The van der Waals surface area contributed by atoms with Gasteiger partial charge in [-0.05, 0) is 42.8 Å². The third-order valence-corrected chi connectivity index (χ3v) is 2.71. The molecule has 0 bridgehead atoms. The number of ether oxygens (including phenoxy) is 2. The highest BCUT2D eigenvalue weighted by atomic mass is 16.5. The third kappa shape index (κ3) is 3.31. The highest BCUT2D eigenvalue weighted by Gasteiger charge is 2.08. The van der Waals surface area contributed by atoms with Crippen LogP contribution in [0.5, 0.6) is 11.5 Å². The number of aromatic nitrogens is 1. The van der Waals surface area contributed by atoms with E-state index in [0.29, 0.717) is 23.7 Å². The summed E-state index contributed by atoms with van der Waals surface area (Å²) in [5.41, 5.74) is 1.63. The second-order valence-electron chi connectivity index (χ2n) is 4.07. The first-order chi connectivity index (χ1) is 9.20. The molecule has 0 aliphatic heterocycles. The number of benzene rings is 1. The van der Waals surface area contributed by atoms with Gasteiger partial charge in [-0.3, -0.25) is 9.78 Å². The van der Waals surface area contributed by atoms with Crippen LogP contribution in [0.4, 0.5) is 0 Å². The van der Waals surface area contributed by atoms with E-state index in [4.69, 9.17) is 9.47 Å². The van der Waals surface area contributed by atoms with Gasteiger partial charge in [0.1, 0.15) is 6.61 Å². The molecule has 0 aliphatic carbocycles. The van der Waals surface area contributed by atoms with Gasteiger partial charge < -0.3 is 9.47 Å². The quantitative estimate of drug-likeness (QED) is 0.773. The number of nitrogens with zero attached hydrogens (tertiary/aromatic N) is 1. The van der Waals surface area contributed by atoms with Crippen LogP contribution < -0.4 is 9.47 Å². The number of carbonyl (C=O) groups is 1. The zero-order chi connectivity index (χ0) is 13.7. The predicted molar refractivity (Wildman–Crippen MR) is 71.6 cm³/mol. The van der Waals surface area contributed by atoms with Gasteiger partial charge in [0.05, 0.1) is 7.11 Å². The van der Waals surface area contributed by atoms with Crippen molar-refractivity contribution >= 4 is 5.78 Å². The molecule has 2 aromatic rings. The van der Waals surface area contributed by atoms with Crippen molar-refractivity contribution in [3.63, 3.8) is 0 Å². The summed E-state index contributed by atoms with van der Waals surface area (Å²) in [4.78, 5) is 15.2. The molecule has 1 aromatic carbocycles. The van der Waals surface area contributed by atoms with Crippen LogP contribution >= 0.6 is 0 Å². The highest BCUT2D eigenvalue weighted by molar-refractivity contribution is 5.94. The number of ketones is 1. The summed E-state index contributed by atoms with van der Waals surface area (Å²) in [6.07, 6.45) is 3.43. The molecule has 0 saturated heterocycles. The molecular formula is C15H15NO3. The summed E-state index contributed by atoms with van der Waals surface area (Å²) >= 11 is 0.